The van der Waals surface area contributed by atoms with E-state index in [1.54, 1.807) is 13.3 Å². The third-order valence-electron chi connectivity index (χ3n) is 8.04. The smallest absolute Gasteiger partial charge is 0.256 e. The molecule has 0 spiro atoms. The van der Waals surface area contributed by atoms with Gasteiger partial charge in [-0.15, -0.1) is 6.58 Å². The minimum absolute atomic E-state index is 0.0211. The van der Waals surface area contributed by atoms with Gasteiger partial charge in [0.1, 0.15) is 5.82 Å². The van der Waals surface area contributed by atoms with Gasteiger partial charge in [0.05, 0.1) is 18.8 Å². The average molecular weight is 441 g/mol. The molecule has 0 radical (unpaired) electrons. The van der Waals surface area contributed by atoms with Crippen molar-refractivity contribution < 1.29 is 9.53 Å². The maximum absolute atomic E-state index is 13.6. The van der Waals surface area contributed by atoms with Crippen molar-refractivity contribution in [3.63, 3.8) is 0 Å². The fourth-order valence-electron chi connectivity index (χ4n) is 6.04. The Balaban J connectivity index is 1.56. The highest BCUT2D eigenvalue weighted by Gasteiger charge is 2.52. The van der Waals surface area contributed by atoms with Crippen molar-refractivity contribution in [3.05, 3.63) is 36.3 Å². The first-order valence-corrected chi connectivity index (χ1v) is 12.3. The van der Waals surface area contributed by atoms with Gasteiger partial charge in [0, 0.05) is 37.8 Å². The van der Waals surface area contributed by atoms with E-state index in [4.69, 9.17) is 4.74 Å². The molecule has 4 unspecified atom stereocenters. The average Bonchev–Trinajstić information content (AvgIpc) is 3.01. The first kappa shape index (κ1) is 23.1. The highest BCUT2D eigenvalue weighted by Crippen LogP contribution is 2.58. The van der Waals surface area contributed by atoms with E-state index < -0.39 is 0 Å². The number of aliphatic imine (C=N–C) groups is 1. The number of hydrogen-bond acceptors (Lipinski definition) is 5. The number of allylic oxidation sites excluding steroid dienone is 2. The Kier molecular flexibility index (Phi) is 7.08. The molecule has 1 amide bonds. The lowest BCUT2D eigenvalue weighted by Crippen LogP contribution is -2.50. The molecule has 4 fully saturated rings. The van der Waals surface area contributed by atoms with Crippen molar-refractivity contribution in [1.82, 2.24) is 15.5 Å². The Morgan fingerprint density at radius 3 is 2.66 bits per heavy atom. The highest BCUT2D eigenvalue weighted by atomic mass is 16.5. The molecule has 1 saturated heterocycles. The molecule has 2 bridgehead atoms. The zero-order valence-electron chi connectivity index (χ0n) is 20.0. The van der Waals surface area contributed by atoms with Gasteiger partial charge in [0.25, 0.3) is 5.91 Å². The number of morpholine rings is 1. The number of amides is 1. The second kappa shape index (κ2) is 9.82. The van der Waals surface area contributed by atoms with E-state index >= 15 is 0 Å². The number of carbonyl (C=O) groups is 1. The fourth-order valence-corrected chi connectivity index (χ4v) is 6.04. The molecule has 176 valence electrons. The van der Waals surface area contributed by atoms with E-state index in [1.165, 1.54) is 25.7 Å². The lowest BCUT2D eigenvalue weighted by molar-refractivity contribution is -0.119. The molecule has 0 aromatic rings. The van der Waals surface area contributed by atoms with Gasteiger partial charge in [0.2, 0.25) is 0 Å². The Labute approximate surface area is 193 Å². The van der Waals surface area contributed by atoms with Crippen LogP contribution in [0.3, 0.4) is 0 Å². The molecule has 1 aliphatic heterocycles. The third-order valence-corrected chi connectivity index (χ3v) is 8.04. The number of ether oxygens (including phenoxy) is 1. The third kappa shape index (κ3) is 4.95. The summed E-state index contributed by atoms with van der Waals surface area (Å²) in [7, 11) is 1.72. The Hall–Kier alpha value is -2.08. The van der Waals surface area contributed by atoms with Crippen molar-refractivity contribution >= 4 is 12.1 Å². The van der Waals surface area contributed by atoms with Gasteiger partial charge in [-0.25, -0.2) is 0 Å². The summed E-state index contributed by atoms with van der Waals surface area (Å²) in [4.78, 5) is 20.0. The van der Waals surface area contributed by atoms with E-state index in [0.717, 1.165) is 43.1 Å². The van der Waals surface area contributed by atoms with E-state index in [0.29, 0.717) is 24.7 Å². The molecule has 0 aromatic heterocycles. The number of nitrogens with one attached hydrogen (secondary N) is 2. The van der Waals surface area contributed by atoms with Gasteiger partial charge in [-0.1, -0.05) is 26.0 Å². The summed E-state index contributed by atoms with van der Waals surface area (Å²) >= 11 is 0. The quantitative estimate of drug-likeness (QED) is 0.345. The summed E-state index contributed by atoms with van der Waals surface area (Å²) < 4.78 is 5.55. The molecule has 32 heavy (non-hydrogen) atoms. The molecular formula is C26H40N4O2. The van der Waals surface area contributed by atoms with E-state index in [9.17, 15) is 4.79 Å². The second-order valence-corrected chi connectivity index (χ2v) is 10.6. The first-order valence-electron chi connectivity index (χ1n) is 12.3. The molecule has 6 nitrogen and oxygen atoms in total. The molecule has 4 aliphatic rings. The van der Waals surface area contributed by atoms with Crippen LogP contribution in [0.25, 0.3) is 0 Å². The van der Waals surface area contributed by atoms with E-state index in [2.05, 4.69) is 47.0 Å². The highest BCUT2D eigenvalue weighted by molar-refractivity contribution is 6.12. The minimum atomic E-state index is -0.134. The van der Waals surface area contributed by atoms with Crippen LogP contribution in [0.1, 0.15) is 46.0 Å². The number of nitrogens with zero attached hydrogens (tertiary/aromatic N) is 2. The Morgan fingerprint density at radius 1 is 1.16 bits per heavy atom. The maximum atomic E-state index is 13.6. The monoisotopic (exact) mass is 440 g/mol. The van der Waals surface area contributed by atoms with Crippen LogP contribution in [0.5, 0.6) is 0 Å². The van der Waals surface area contributed by atoms with Gasteiger partial charge in [-0.05, 0) is 62.0 Å². The van der Waals surface area contributed by atoms with Gasteiger partial charge in [-0.2, -0.15) is 0 Å². The molecule has 6 heteroatoms. The number of hydrogen-bond donors (Lipinski definition) is 2. The number of rotatable bonds is 8. The second-order valence-electron chi connectivity index (χ2n) is 10.6. The van der Waals surface area contributed by atoms with Crippen LogP contribution in [-0.2, 0) is 9.53 Å². The van der Waals surface area contributed by atoms with E-state index in [1.807, 2.05) is 12.3 Å². The van der Waals surface area contributed by atoms with Gasteiger partial charge >= 0.3 is 0 Å². The van der Waals surface area contributed by atoms with Crippen molar-refractivity contribution in [3.8, 4) is 0 Å². The summed E-state index contributed by atoms with van der Waals surface area (Å²) in [6, 6.07) is 0.287. The summed E-state index contributed by atoms with van der Waals surface area (Å²) in [6.45, 7) is 10.9. The predicted octanol–water partition coefficient (Wildman–Crippen LogP) is 3.49. The van der Waals surface area contributed by atoms with Crippen LogP contribution in [0.4, 0.5) is 0 Å². The standard InChI is InChI=1S/C26H40N4O2/c1-5-26(2,3)8-9-28-24(30-10-12-32-13-11-30)22(17-27-4)25(31)29-23-7-6-18-14-19-16-21(23)20(19)15-18/h5,8-9,17-21,23,28H,1,6-7,10-16H2,2-4H3,(H,29,31)/b9-8+,24-22-,27-17?/t18?,19?,20?,21?,23-/m1/s1. The SMILES string of the molecule is C=CC(C)(C)/C=C/N/C(=C(\C=NC)C(=O)N[C@@H]1CCC2CC3CC1C3C2)N1CCOCC1. The van der Waals surface area contributed by atoms with Gasteiger partial charge in [-0.3, -0.25) is 9.79 Å². The molecule has 2 N–H and O–H groups in total. The van der Waals surface area contributed by atoms with Crippen molar-refractivity contribution in [2.24, 2.45) is 34.1 Å². The van der Waals surface area contributed by atoms with Crippen LogP contribution in [0, 0.1) is 29.1 Å². The van der Waals surface area contributed by atoms with Gasteiger partial charge < -0.3 is 20.3 Å². The topological polar surface area (TPSA) is 66.0 Å². The van der Waals surface area contributed by atoms with Crippen LogP contribution in [0.15, 0.2) is 41.3 Å². The van der Waals surface area contributed by atoms with Gasteiger partial charge in [0.15, 0.2) is 0 Å². The van der Waals surface area contributed by atoms with E-state index in [-0.39, 0.29) is 17.4 Å². The maximum Gasteiger partial charge on any atom is 0.256 e. The zero-order valence-corrected chi connectivity index (χ0v) is 20.0. The molecule has 3 saturated carbocycles. The van der Waals surface area contributed by atoms with Crippen molar-refractivity contribution in [1.29, 1.82) is 0 Å². The summed E-state index contributed by atoms with van der Waals surface area (Å²) in [5, 5.41) is 6.84. The summed E-state index contributed by atoms with van der Waals surface area (Å²) in [6.07, 6.45) is 14.1. The molecule has 0 aromatic carbocycles. The van der Waals surface area contributed by atoms with Crippen molar-refractivity contribution in [2.45, 2.75) is 52.0 Å². The van der Waals surface area contributed by atoms with Crippen LogP contribution >= 0.6 is 0 Å². The number of carbonyl (C=O) groups excluding carboxylic acids is 1. The van der Waals surface area contributed by atoms with Crippen LogP contribution in [-0.4, -0.2) is 56.4 Å². The zero-order chi connectivity index (χ0) is 22.7. The van der Waals surface area contributed by atoms with Crippen LogP contribution < -0.4 is 10.6 Å². The minimum Gasteiger partial charge on any atom is -0.378 e. The lowest BCUT2D eigenvalue weighted by Gasteiger charge is -2.45. The fraction of sp³-hybridized carbons (Fsp3) is 0.692. The summed E-state index contributed by atoms with van der Waals surface area (Å²) in [5.74, 6) is 4.07. The van der Waals surface area contributed by atoms with Crippen LogP contribution in [0.2, 0.25) is 0 Å². The molecule has 5 atom stereocenters. The normalized spacial score (nSPS) is 33.0. The molecule has 3 aliphatic carbocycles. The largest absolute Gasteiger partial charge is 0.378 e. The number of fused-ring (bicyclic) bond motifs is 1. The molecule has 4 rings (SSSR count). The summed E-state index contributed by atoms with van der Waals surface area (Å²) in [5.41, 5.74) is 0.464. The molecule has 1 heterocycles. The van der Waals surface area contributed by atoms with Crippen molar-refractivity contribution in [2.75, 3.05) is 33.4 Å². The Morgan fingerprint density at radius 2 is 1.94 bits per heavy atom. The predicted molar refractivity (Wildman–Crippen MR) is 129 cm³/mol. The lowest BCUT2D eigenvalue weighted by atomic mass is 9.63. The Bertz CT molecular complexity index is 794. The molecular weight excluding hydrogens is 400 g/mol. The first-order chi connectivity index (χ1) is 15.4.